The second-order valence-electron chi connectivity index (χ2n) is 3.65. The molecule has 0 aromatic heterocycles. The molecule has 0 aromatic carbocycles. The Labute approximate surface area is 93.9 Å². The standard InChI is InChI=1S/C10H17NO5/c1-15-10(14)8(6-12)11-9(13)7-2-4-16-5-3-7/h7-8,12H,2-6H2,1H3,(H,11,13). The summed E-state index contributed by atoms with van der Waals surface area (Å²) in [6.07, 6.45) is 1.29. The maximum absolute atomic E-state index is 11.7. The fourth-order valence-corrected chi connectivity index (χ4v) is 1.57. The van der Waals surface area contributed by atoms with E-state index in [-0.39, 0.29) is 11.8 Å². The van der Waals surface area contributed by atoms with Crippen LogP contribution in [-0.2, 0) is 19.1 Å². The summed E-state index contributed by atoms with van der Waals surface area (Å²) in [5.74, 6) is -1.01. The summed E-state index contributed by atoms with van der Waals surface area (Å²) in [5, 5.41) is 11.4. The predicted molar refractivity (Wildman–Crippen MR) is 54.6 cm³/mol. The largest absolute Gasteiger partial charge is 0.467 e. The van der Waals surface area contributed by atoms with E-state index in [2.05, 4.69) is 10.1 Å². The number of ether oxygens (including phenoxy) is 2. The molecule has 1 aliphatic rings. The van der Waals surface area contributed by atoms with Gasteiger partial charge in [0.05, 0.1) is 13.7 Å². The van der Waals surface area contributed by atoms with Gasteiger partial charge in [-0.3, -0.25) is 4.79 Å². The molecule has 6 heteroatoms. The van der Waals surface area contributed by atoms with Gasteiger partial charge in [-0.1, -0.05) is 0 Å². The van der Waals surface area contributed by atoms with E-state index in [1.807, 2.05) is 0 Å². The summed E-state index contributed by atoms with van der Waals surface area (Å²) >= 11 is 0. The molecule has 1 rings (SSSR count). The van der Waals surface area contributed by atoms with Gasteiger partial charge in [-0.15, -0.1) is 0 Å². The van der Waals surface area contributed by atoms with Crippen molar-refractivity contribution in [1.82, 2.24) is 5.32 Å². The number of esters is 1. The second-order valence-corrected chi connectivity index (χ2v) is 3.65. The van der Waals surface area contributed by atoms with Gasteiger partial charge in [0, 0.05) is 19.1 Å². The summed E-state index contributed by atoms with van der Waals surface area (Å²) in [6.45, 7) is 0.655. The van der Waals surface area contributed by atoms with Crippen molar-refractivity contribution in [3.8, 4) is 0 Å². The summed E-state index contributed by atoms with van der Waals surface area (Å²) < 4.78 is 9.58. The zero-order chi connectivity index (χ0) is 12.0. The Morgan fingerprint density at radius 2 is 2.12 bits per heavy atom. The molecule has 0 radical (unpaired) electrons. The Bertz CT molecular complexity index is 250. The maximum Gasteiger partial charge on any atom is 0.330 e. The van der Waals surface area contributed by atoms with Crippen molar-refractivity contribution in [2.45, 2.75) is 18.9 Å². The number of hydrogen-bond acceptors (Lipinski definition) is 5. The van der Waals surface area contributed by atoms with E-state index in [0.29, 0.717) is 26.1 Å². The van der Waals surface area contributed by atoms with Gasteiger partial charge < -0.3 is 19.9 Å². The first-order chi connectivity index (χ1) is 7.69. The van der Waals surface area contributed by atoms with Crippen LogP contribution in [0.15, 0.2) is 0 Å². The first-order valence-electron chi connectivity index (χ1n) is 5.25. The van der Waals surface area contributed by atoms with E-state index in [0.717, 1.165) is 0 Å². The summed E-state index contributed by atoms with van der Waals surface area (Å²) in [7, 11) is 1.21. The minimum absolute atomic E-state index is 0.146. The number of carbonyl (C=O) groups excluding carboxylic acids is 2. The Kier molecular flexibility index (Phi) is 5.21. The number of carbonyl (C=O) groups is 2. The van der Waals surface area contributed by atoms with Gasteiger partial charge in [-0.2, -0.15) is 0 Å². The number of methoxy groups -OCH3 is 1. The van der Waals surface area contributed by atoms with E-state index in [1.54, 1.807) is 0 Å². The van der Waals surface area contributed by atoms with Crippen molar-refractivity contribution in [2.75, 3.05) is 26.9 Å². The van der Waals surface area contributed by atoms with Gasteiger partial charge in [0.15, 0.2) is 6.04 Å². The van der Waals surface area contributed by atoms with Gasteiger partial charge in [0.2, 0.25) is 5.91 Å². The number of nitrogens with one attached hydrogen (secondary N) is 1. The Morgan fingerprint density at radius 1 is 1.50 bits per heavy atom. The highest BCUT2D eigenvalue weighted by Crippen LogP contribution is 2.14. The van der Waals surface area contributed by atoms with E-state index in [1.165, 1.54) is 7.11 Å². The van der Waals surface area contributed by atoms with Crippen LogP contribution in [0.2, 0.25) is 0 Å². The minimum atomic E-state index is -0.972. The SMILES string of the molecule is COC(=O)C(CO)NC(=O)C1CCOCC1. The molecule has 0 aliphatic carbocycles. The molecular weight excluding hydrogens is 214 g/mol. The highest BCUT2D eigenvalue weighted by Gasteiger charge is 2.26. The number of aliphatic hydroxyl groups excluding tert-OH is 1. The first kappa shape index (κ1) is 12.9. The first-order valence-corrected chi connectivity index (χ1v) is 5.25. The number of amides is 1. The monoisotopic (exact) mass is 231 g/mol. The van der Waals surface area contributed by atoms with Gasteiger partial charge >= 0.3 is 5.97 Å². The normalized spacial score (nSPS) is 18.9. The molecular formula is C10H17NO5. The smallest absolute Gasteiger partial charge is 0.330 e. The Morgan fingerprint density at radius 3 is 2.62 bits per heavy atom. The molecule has 1 aliphatic heterocycles. The number of aliphatic hydroxyl groups is 1. The van der Waals surface area contributed by atoms with Crippen LogP contribution >= 0.6 is 0 Å². The van der Waals surface area contributed by atoms with Crippen molar-refractivity contribution in [2.24, 2.45) is 5.92 Å². The molecule has 0 spiro atoms. The van der Waals surface area contributed by atoms with Gasteiger partial charge in [0.1, 0.15) is 0 Å². The van der Waals surface area contributed by atoms with Gasteiger partial charge in [-0.25, -0.2) is 4.79 Å². The van der Waals surface area contributed by atoms with Crippen LogP contribution in [-0.4, -0.2) is 50.0 Å². The van der Waals surface area contributed by atoms with Crippen molar-refractivity contribution >= 4 is 11.9 Å². The van der Waals surface area contributed by atoms with Crippen molar-refractivity contribution in [3.05, 3.63) is 0 Å². The minimum Gasteiger partial charge on any atom is -0.467 e. The lowest BCUT2D eigenvalue weighted by Gasteiger charge is -2.23. The average Bonchev–Trinajstić information content (AvgIpc) is 2.35. The fourth-order valence-electron chi connectivity index (χ4n) is 1.57. The summed E-state index contributed by atoms with van der Waals surface area (Å²) in [6, 6.07) is -0.972. The van der Waals surface area contributed by atoms with Gasteiger partial charge in [-0.05, 0) is 12.8 Å². The Hall–Kier alpha value is -1.14. The average molecular weight is 231 g/mol. The van der Waals surface area contributed by atoms with E-state index in [4.69, 9.17) is 9.84 Å². The van der Waals surface area contributed by atoms with Crippen LogP contribution < -0.4 is 5.32 Å². The van der Waals surface area contributed by atoms with Crippen LogP contribution in [0.4, 0.5) is 0 Å². The Balaban J connectivity index is 2.44. The number of rotatable bonds is 4. The molecule has 0 bridgehead atoms. The van der Waals surface area contributed by atoms with Crippen LogP contribution in [0.1, 0.15) is 12.8 Å². The molecule has 16 heavy (non-hydrogen) atoms. The third kappa shape index (κ3) is 3.46. The summed E-state index contributed by atoms with van der Waals surface area (Å²) in [5.41, 5.74) is 0. The fraction of sp³-hybridized carbons (Fsp3) is 0.800. The van der Waals surface area contributed by atoms with Gasteiger partial charge in [0.25, 0.3) is 0 Å². The highest BCUT2D eigenvalue weighted by atomic mass is 16.5. The molecule has 1 saturated heterocycles. The highest BCUT2D eigenvalue weighted by molar-refractivity contribution is 5.85. The number of hydrogen-bond donors (Lipinski definition) is 2. The molecule has 1 amide bonds. The van der Waals surface area contributed by atoms with Crippen molar-refractivity contribution in [1.29, 1.82) is 0 Å². The lowest BCUT2D eigenvalue weighted by molar-refractivity contribution is -0.147. The van der Waals surface area contributed by atoms with E-state index < -0.39 is 18.6 Å². The van der Waals surface area contributed by atoms with Crippen molar-refractivity contribution < 1.29 is 24.2 Å². The maximum atomic E-state index is 11.7. The molecule has 6 nitrogen and oxygen atoms in total. The van der Waals surface area contributed by atoms with Crippen LogP contribution in [0.25, 0.3) is 0 Å². The second kappa shape index (κ2) is 6.44. The molecule has 0 aromatic rings. The predicted octanol–water partition coefficient (Wildman–Crippen LogP) is -0.937. The van der Waals surface area contributed by atoms with Crippen LogP contribution in [0.3, 0.4) is 0 Å². The quantitative estimate of drug-likeness (QED) is 0.610. The lowest BCUT2D eigenvalue weighted by atomic mass is 9.99. The molecule has 1 fully saturated rings. The van der Waals surface area contributed by atoms with Crippen molar-refractivity contribution in [3.63, 3.8) is 0 Å². The topological polar surface area (TPSA) is 84.9 Å². The molecule has 1 atom stereocenters. The zero-order valence-corrected chi connectivity index (χ0v) is 9.27. The lowest BCUT2D eigenvalue weighted by Crippen LogP contribution is -2.47. The molecule has 1 heterocycles. The molecule has 1 unspecified atom stereocenters. The molecule has 2 N–H and O–H groups in total. The summed E-state index contributed by atoms with van der Waals surface area (Å²) in [4.78, 5) is 22.8. The zero-order valence-electron chi connectivity index (χ0n) is 9.27. The van der Waals surface area contributed by atoms with Crippen LogP contribution in [0, 0.1) is 5.92 Å². The van der Waals surface area contributed by atoms with E-state index in [9.17, 15) is 9.59 Å². The van der Waals surface area contributed by atoms with E-state index >= 15 is 0 Å². The molecule has 0 saturated carbocycles. The third-order valence-electron chi connectivity index (χ3n) is 2.58. The van der Waals surface area contributed by atoms with Crippen LogP contribution in [0.5, 0.6) is 0 Å². The molecule has 92 valence electrons. The third-order valence-corrected chi connectivity index (χ3v) is 2.58.